The average molecular weight is 571 g/mol. The third kappa shape index (κ3) is 9.65. The van der Waals surface area contributed by atoms with Gasteiger partial charge < -0.3 is 20.4 Å². The molecule has 2 aliphatic rings. The molecular weight excluding hydrogens is 544 g/mol. The molecule has 0 aromatic carbocycles. The summed E-state index contributed by atoms with van der Waals surface area (Å²) in [7, 11) is 0. The van der Waals surface area contributed by atoms with Crippen molar-refractivity contribution in [2.24, 2.45) is 0 Å². The zero-order valence-corrected chi connectivity index (χ0v) is 20.6. The number of carboxylic acid groups (broad SMARTS) is 2. The van der Waals surface area contributed by atoms with Crippen LogP contribution in [-0.2, 0) is 22.7 Å². The van der Waals surface area contributed by atoms with Crippen molar-refractivity contribution in [2.75, 3.05) is 13.1 Å². The second-order valence-electron chi connectivity index (χ2n) is 8.86. The maximum atomic E-state index is 10.6. The van der Waals surface area contributed by atoms with E-state index in [1.807, 2.05) is 4.68 Å². The number of likely N-dealkylation sites (tertiary alicyclic amines) is 1. The van der Waals surface area contributed by atoms with Gasteiger partial charge in [0.1, 0.15) is 5.75 Å². The number of rotatable bonds is 5. The van der Waals surface area contributed by atoms with Crippen LogP contribution in [0, 0.1) is 6.92 Å². The second-order valence-corrected chi connectivity index (χ2v) is 8.86. The summed E-state index contributed by atoms with van der Waals surface area (Å²) >= 11 is 0. The van der Waals surface area contributed by atoms with E-state index < -0.39 is 24.3 Å². The SMILES string of the molecule is Cc1ncc(CO)c(CN2CCC(n3cc(C4CC4)nn3)CC2)c1O.O=C(O)C(F)(F)F.O=C(O)C(F)(F)F. The average Bonchev–Trinajstić information content (AvgIpc) is 3.59. The number of pyridine rings is 1. The fraction of sp³-hybridized carbons (Fsp3) is 0.591. The topological polar surface area (TPSA) is 162 Å². The minimum Gasteiger partial charge on any atom is -0.506 e. The predicted octanol–water partition coefficient (Wildman–Crippen LogP) is 3.16. The van der Waals surface area contributed by atoms with Crippen LogP contribution in [0.5, 0.6) is 5.75 Å². The zero-order chi connectivity index (χ0) is 29.5. The molecule has 1 aliphatic heterocycles. The summed E-state index contributed by atoms with van der Waals surface area (Å²) in [6.07, 6.45) is -1.84. The Morgan fingerprint density at radius 2 is 1.51 bits per heavy atom. The summed E-state index contributed by atoms with van der Waals surface area (Å²) in [5.41, 5.74) is 3.25. The normalized spacial score (nSPS) is 16.5. The number of aromatic nitrogens is 4. The molecule has 0 unspecified atom stereocenters. The lowest BCUT2D eigenvalue weighted by Crippen LogP contribution is -2.34. The number of halogens is 6. The Labute approximate surface area is 217 Å². The highest BCUT2D eigenvalue weighted by molar-refractivity contribution is 5.73. The van der Waals surface area contributed by atoms with Gasteiger partial charge in [-0.1, -0.05) is 5.21 Å². The first-order chi connectivity index (χ1) is 18.0. The van der Waals surface area contributed by atoms with E-state index in [2.05, 4.69) is 26.4 Å². The standard InChI is InChI=1S/C18H25N5O2.2C2HF3O2/c1-12-18(25)16(14(11-24)8-19-12)9-22-6-4-15(5-7-22)23-10-17(20-21-23)13-2-3-13;2*3-2(4,5)1(6)7/h8,10,13,15,24-25H,2-7,9,11H2,1H3;2*(H,6,7). The molecule has 3 heterocycles. The van der Waals surface area contributed by atoms with Gasteiger partial charge in [-0.25, -0.2) is 14.3 Å². The lowest BCUT2D eigenvalue weighted by atomic mass is 10.0. The molecule has 2 fully saturated rings. The van der Waals surface area contributed by atoms with E-state index in [1.54, 1.807) is 13.1 Å². The third-order valence-corrected chi connectivity index (χ3v) is 5.92. The minimum absolute atomic E-state index is 0.102. The number of hydrogen-bond donors (Lipinski definition) is 4. The van der Waals surface area contributed by atoms with Crippen molar-refractivity contribution in [3.05, 3.63) is 34.9 Å². The number of aliphatic hydroxyl groups is 1. The van der Waals surface area contributed by atoms with Gasteiger partial charge in [-0.3, -0.25) is 9.88 Å². The highest BCUT2D eigenvalue weighted by atomic mass is 19.4. The molecule has 17 heteroatoms. The summed E-state index contributed by atoms with van der Waals surface area (Å²) in [5, 5.41) is 42.7. The van der Waals surface area contributed by atoms with Gasteiger partial charge in [0.15, 0.2) is 0 Å². The predicted molar refractivity (Wildman–Crippen MR) is 119 cm³/mol. The third-order valence-electron chi connectivity index (χ3n) is 5.92. The Morgan fingerprint density at radius 1 is 1.00 bits per heavy atom. The number of carboxylic acids is 2. The first-order valence-corrected chi connectivity index (χ1v) is 11.6. The van der Waals surface area contributed by atoms with Crippen LogP contribution in [0.4, 0.5) is 26.3 Å². The van der Waals surface area contributed by atoms with Gasteiger partial charge in [0.25, 0.3) is 0 Å². The van der Waals surface area contributed by atoms with Crippen LogP contribution in [0.1, 0.15) is 60.2 Å². The Morgan fingerprint density at radius 3 is 1.95 bits per heavy atom. The van der Waals surface area contributed by atoms with Crippen LogP contribution in [0.25, 0.3) is 0 Å². The molecule has 4 N–H and O–H groups in total. The monoisotopic (exact) mass is 571 g/mol. The first-order valence-electron chi connectivity index (χ1n) is 11.6. The van der Waals surface area contributed by atoms with E-state index in [9.17, 15) is 36.6 Å². The van der Waals surface area contributed by atoms with Gasteiger partial charge in [-0.05, 0) is 32.6 Å². The molecule has 11 nitrogen and oxygen atoms in total. The van der Waals surface area contributed by atoms with E-state index in [0.717, 1.165) is 37.2 Å². The first kappa shape index (κ1) is 31.7. The van der Waals surface area contributed by atoms with Crippen LogP contribution < -0.4 is 0 Å². The lowest BCUT2D eigenvalue weighted by Gasteiger charge is -2.32. The Balaban J connectivity index is 0.000000317. The van der Waals surface area contributed by atoms with Crippen molar-refractivity contribution in [1.29, 1.82) is 0 Å². The van der Waals surface area contributed by atoms with Gasteiger partial charge in [0.05, 0.1) is 24.0 Å². The molecule has 39 heavy (non-hydrogen) atoms. The molecule has 2 aromatic rings. The van der Waals surface area contributed by atoms with E-state index in [4.69, 9.17) is 19.8 Å². The van der Waals surface area contributed by atoms with Crippen molar-refractivity contribution in [1.82, 2.24) is 24.9 Å². The van der Waals surface area contributed by atoms with Gasteiger partial charge in [0.2, 0.25) is 0 Å². The Bertz CT molecular complexity index is 1100. The smallest absolute Gasteiger partial charge is 0.490 e. The molecule has 218 valence electrons. The quantitative estimate of drug-likeness (QED) is 0.392. The molecule has 4 rings (SSSR count). The van der Waals surface area contributed by atoms with Crippen LogP contribution >= 0.6 is 0 Å². The zero-order valence-electron chi connectivity index (χ0n) is 20.6. The fourth-order valence-corrected chi connectivity index (χ4v) is 3.60. The number of alkyl halides is 6. The molecule has 1 saturated carbocycles. The largest absolute Gasteiger partial charge is 0.506 e. The number of aryl methyl sites for hydroxylation is 1. The number of hydrogen-bond acceptors (Lipinski definition) is 8. The molecule has 1 aliphatic carbocycles. The summed E-state index contributed by atoms with van der Waals surface area (Å²) in [6.45, 7) is 4.20. The molecule has 1 saturated heterocycles. The number of aromatic hydroxyl groups is 1. The molecule has 0 radical (unpaired) electrons. The second kappa shape index (κ2) is 13.1. The van der Waals surface area contributed by atoms with Crippen molar-refractivity contribution in [2.45, 2.75) is 70.1 Å². The molecule has 0 atom stereocenters. The van der Waals surface area contributed by atoms with Crippen LogP contribution in [-0.4, -0.2) is 82.7 Å². The van der Waals surface area contributed by atoms with E-state index >= 15 is 0 Å². The number of aliphatic hydroxyl groups excluding tert-OH is 1. The maximum absolute atomic E-state index is 10.6. The molecule has 0 amide bonds. The Kier molecular flexibility index (Phi) is 10.6. The van der Waals surface area contributed by atoms with E-state index in [-0.39, 0.29) is 12.4 Å². The van der Waals surface area contributed by atoms with Gasteiger partial charge in [-0.15, -0.1) is 5.10 Å². The van der Waals surface area contributed by atoms with Crippen molar-refractivity contribution >= 4 is 11.9 Å². The summed E-state index contributed by atoms with van der Waals surface area (Å²) < 4.78 is 65.5. The lowest BCUT2D eigenvalue weighted by molar-refractivity contribution is -0.193. The maximum Gasteiger partial charge on any atom is 0.490 e. The van der Waals surface area contributed by atoms with E-state index in [1.165, 1.54) is 12.8 Å². The van der Waals surface area contributed by atoms with E-state index in [0.29, 0.717) is 29.8 Å². The molecule has 2 aromatic heterocycles. The molecule has 0 spiro atoms. The van der Waals surface area contributed by atoms with Crippen molar-refractivity contribution in [3.63, 3.8) is 0 Å². The van der Waals surface area contributed by atoms with Gasteiger partial charge >= 0.3 is 24.3 Å². The van der Waals surface area contributed by atoms with Crippen LogP contribution in [0.3, 0.4) is 0 Å². The molecular formula is C22H27F6N5O6. The van der Waals surface area contributed by atoms with Gasteiger partial charge in [-0.2, -0.15) is 26.3 Å². The number of piperidine rings is 1. The fourth-order valence-electron chi connectivity index (χ4n) is 3.60. The summed E-state index contributed by atoms with van der Waals surface area (Å²) in [4.78, 5) is 24.2. The summed E-state index contributed by atoms with van der Waals surface area (Å²) in [5.74, 6) is -4.66. The van der Waals surface area contributed by atoms with Crippen LogP contribution in [0.15, 0.2) is 12.4 Å². The minimum atomic E-state index is -5.08. The molecule has 0 bridgehead atoms. The highest BCUT2D eigenvalue weighted by Crippen LogP contribution is 2.39. The number of aliphatic carboxylic acids is 2. The number of carbonyl (C=O) groups is 2. The van der Waals surface area contributed by atoms with Crippen molar-refractivity contribution in [3.8, 4) is 5.75 Å². The number of nitrogens with zero attached hydrogens (tertiary/aromatic N) is 5. The van der Waals surface area contributed by atoms with Crippen LogP contribution in [0.2, 0.25) is 0 Å². The summed E-state index contributed by atoms with van der Waals surface area (Å²) in [6, 6.07) is 0.404. The Hall–Kier alpha value is -3.47. The highest BCUT2D eigenvalue weighted by Gasteiger charge is 2.39. The van der Waals surface area contributed by atoms with Crippen molar-refractivity contribution < 1.29 is 56.4 Å². The van der Waals surface area contributed by atoms with Gasteiger partial charge in [0, 0.05) is 49.1 Å².